The van der Waals surface area contributed by atoms with Crippen LogP contribution in [-0.4, -0.2) is 15.0 Å². The highest BCUT2D eigenvalue weighted by atomic mass is 35.5. The van der Waals surface area contributed by atoms with Crippen molar-refractivity contribution in [2.75, 3.05) is 0 Å². The summed E-state index contributed by atoms with van der Waals surface area (Å²) in [5.41, 5.74) is 4.47. The van der Waals surface area contributed by atoms with Gasteiger partial charge in [0.15, 0.2) is 0 Å². The molecule has 108 valence electrons. The largest absolute Gasteiger partial charge is 0.240 e. The summed E-state index contributed by atoms with van der Waals surface area (Å²) in [5.74, 6) is 0. The highest BCUT2D eigenvalue weighted by Crippen LogP contribution is 2.24. The molecule has 0 fully saturated rings. The minimum Gasteiger partial charge on any atom is -0.240 e. The number of hydrogen-bond donors (Lipinski definition) is 0. The van der Waals surface area contributed by atoms with Gasteiger partial charge in [-0.2, -0.15) is 5.26 Å². The standard InChI is InChI=1S/C17H13ClN4/c1-12-8-13(6-7-16(12)18)17-10-20-21-22(17)11-15-5-3-2-4-14(15)9-19/h2-8,10H,11H2,1H3. The van der Waals surface area contributed by atoms with Gasteiger partial charge in [-0.1, -0.05) is 41.1 Å². The Balaban J connectivity index is 1.99. The summed E-state index contributed by atoms with van der Waals surface area (Å²) in [6, 6.07) is 15.5. The van der Waals surface area contributed by atoms with E-state index in [4.69, 9.17) is 11.6 Å². The Morgan fingerprint density at radius 3 is 2.82 bits per heavy atom. The molecule has 0 N–H and O–H groups in total. The highest BCUT2D eigenvalue weighted by Gasteiger charge is 2.10. The Morgan fingerprint density at radius 2 is 2.05 bits per heavy atom. The van der Waals surface area contributed by atoms with E-state index in [1.165, 1.54) is 0 Å². The Hall–Kier alpha value is -2.64. The number of nitrogens with zero attached hydrogens (tertiary/aromatic N) is 4. The summed E-state index contributed by atoms with van der Waals surface area (Å²) in [5, 5.41) is 18.1. The van der Waals surface area contributed by atoms with Crippen LogP contribution < -0.4 is 0 Å². The molecule has 0 radical (unpaired) electrons. The van der Waals surface area contributed by atoms with Crippen molar-refractivity contribution in [3.8, 4) is 17.3 Å². The quantitative estimate of drug-likeness (QED) is 0.739. The summed E-state index contributed by atoms with van der Waals surface area (Å²) in [6.45, 7) is 2.46. The van der Waals surface area contributed by atoms with Gasteiger partial charge in [0.2, 0.25) is 0 Å². The molecule has 0 aliphatic carbocycles. The predicted molar refractivity (Wildman–Crippen MR) is 85.5 cm³/mol. The smallest absolute Gasteiger partial charge is 0.0995 e. The Morgan fingerprint density at radius 1 is 1.23 bits per heavy atom. The molecule has 2 aromatic carbocycles. The van der Waals surface area contributed by atoms with E-state index in [-0.39, 0.29) is 0 Å². The monoisotopic (exact) mass is 308 g/mol. The number of rotatable bonds is 3. The molecular weight excluding hydrogens is 296 g/mol. The van der Waals surface area contributed by atoms with Crippen molar-refractivity contribution in [2.45, 2.75) is 13.5 Å². The Labute approximate surface area is 133 Å². The zero-order valence-corrected chi connectivity index (χ0v) is 12.7. The van der Waals surface area contributed by atoms with Crippen molar-refractivity contribution in [1.82, 2.24) is 15.0 Å². The third-order valence-corrected chi connectivity index (χ3v) is 3.95. The first-order valence-corrected chi connectivity index (χ1v) is 7.20. The van der Waals surface area contributed by atoms with Crippen LogP contribution in [0.25, 0.3) is 11.3 Å². The number of halogens is 1. The normalized spacial score (nSPS) is 10.4. The average Bonchev–Trinajstić information content (AvgIpc) is 2.99. The van der Waals surface area contributed by atoms with Gasteiger partial charge in [0, 0.05) is 10.6 Å². The van der Waals surface area contributed by atoms with Gasteiger partial charge in [-0.15, -0.1) is 5.10 Å². The molecular formula is C17H13ClN4. The first kappa shape index (κ1) is 14.3. The second-order valence-corrected chi connectivity index (χ2v) is 5.42. The SMILES string of the molecule is Cc1cc(-c2cnnn2Cc2ccccc2C#N)ccc1Cl. The first-order valence-electron chi connectivity index (χ1n) is 6.82. The second kappa shape index (κ2) is 6.00. The van der Waals surface area contributed by atoms with Crippen molar-refractivity contribution in [2.24, 2.45) is 0 Å². The lowest BCUT2D eigenvalue weighted by Gasteiger charge is -2.09. The van der Waals surface area contributed by atoms with Crippen molar-refractivity contribution in [3.05, 3.63) is 70.4 Å². The lowest BCUT2D eigenvalue weighted by atomic mass is 10.1. The molecule has 4 nitrogen and oxygen atoms in total. The van der Waals surface area contributed by atoms with Crippen LogP contribution >= 0.6 is 11.6 Å². The number of aromatic nitrogens is 3. The van der Waals surface area contributed by atoms with Crippen LogP contribution in [0.5, 0.6) is 0 Å². The fourth-order valence-corrected chi connectivity index (χ4v) is 2.45. The number of nitriles is 1. The van der Waals surface area contributed by atoms with Gasteiger partial charge >= 0.3 is 0 Å². The van der Waals surface area contributed by atoms with Gasteiger partial charge in [-0.25, -0.2) is 4.68 Å². The van der Waals surface area contributed by atoms with Gasteiger partial charge in [-0.3, -0.25) is 0 Å². The fourth-order valence-electron chi connectivity index (χ4n) is 2.33. The van der Waals surface area contributed by atoms with Crippen molar-refractivity contribution in [1.29, 1.82) is 5.26 Å². The van der Waals surface area contributed by atoms with E-state index in [2.05, 4.69) is 16.4 Å². The summed E-state index contributed by atoms with van der Waals surface area (Å²) in [4.78, 5) is 0. The molecule has 1 heterocycles. The second-order valence-electron chi connectivity index (χ2n) is 5.01. The molecule has 22 heavy (non-hydrogen) atoms. The lowest BCUT2D eigenvalue weighted by molar-refractivity contribution is 0.654. The Bertz CT molecular complexity index is 861. The fraction of sp³-hybridized carbons (Fsp3) is 0.118. The van der Waals surface area contributed by atoms with Crippen LogP contribution in [0, 0.1) is 18.3 Å². The minimum atomic E-state index is 0.501. The lowest BCUT2D eigenvalue weighted by Crippen LogP contribution is -2.05. The predicted octanol–water partition coefficient (Wildman–Crippen LogP) is 3.83. The van der Waals surface area contributed by atoms with E-state index < -0.39 is 0 Å². The van der Waals surface area contributed by atoms with E-state index in [1.54, 1.807) is 16.9 Å². The first-order chi connectivity index (χ1) is 10.7. The molecule has 0 amide bonds. The molecule has 0 atom stereocenters. The average molecular weight is 309 g/mol. The van der Waals surface area contributed by atoms with E-state index in [9.17, 15) is 5.26 Å². The zero-order valence-electron chi connectivity index (χ0n) is 12.0. The van der Waals surface area contributed by atoms with E-state index >= 15 is 0 Å². The zero-order chi connectivity index (χ0) is 15.5. The molecule has 3 aromatic rings. The van der Waals surface area contributed by atoms with Crippen LogP contribution in [0.3, 0.4) is 0 Å². The number of hydrogen-bond acceptors (Lipinski definition) is 3. The van der Waals surface area contributed by atoms with Crippen LogP contribution in [0.1, 0.15) is 16.7 Å². The Kier molecular flexibility index (Phi) is 3.90. The number of aryl methyl sites for hydroxylation is 1. The van der Waals surface area contributed by atoms with Gasteiger partial charge in [-0.05, 0) is 36.2 Å². The van der Waals surface area contributed by atoms with Crippen LogP contribution in [0.4, 0.5) is 0 Å². The van der Waals surface area contributed by atoms with E-state index in [0.29, 0.717) is 12.1 Å². The van der Waals surface area contributed by atoms with E-state index in [1.807, 2.05) is 43.3 Å². The van der Waals surface area contributed by atoms with Gasteiger partial charge in [0.1, 0.15) is 0 Å². The van der Waals surface area contributed by atoms with Crippen LogP contribution in [-0.2, 0) is 6.54 Å². The molecule has 0 spiro atoms. The van der Waals surface area contributed by atoms with Gasteiger partial charge in [0.25, 0.3) is 0 Å². The van der Waals surface area contributed by atoms with Crippen molar-refractivity contribution < 1.29 is 0 Å². The molecule has 0 saturated carbocycles. The molecule has 0 bridgehead atoms. The molecule has 5 heteroatoms. The molecule has 0 aliphatic heterocycles. The highest BCUT2D eigenvalue weighted by molar-refractivity contribution is 6.31. The van der Waals surface area contributed by atoms with Gasteiger partial charge in [0.05, 0.1) is 30.1 Å². The summed E-state index contributed by atoms with van der Waals surface area (Å²) >= 11 is 6.08. The van der Waals surface area contributed by atoms with Crippen molar-refractivity contribution in [3.63, 3.8) is 0 Å². The summed E-state index contributed by atoms with van der Waals surface area (Å²) < 4.78 is 1.79. The number of benzene rings is 2. The van der Waals surface area contributed by atoms with Crippen LogP contribution in [0.2, 0.25) is 5.02 Å². The minimum absolute atomic E-state index is 0.501. The van der Waals surface area contributed by atoms with Crippen LogP contribution in [0.15, 0.2) is 48.7 Å². The molecule has 0 unspecified atom stereocenters. The molecule has 1 aromatic heterocycles. The maximum Gasteiger partial charge on any atom is 0.0995 e. The van der Waals surface area contributed by atoms with E-state index in [0.717, 1.165) is 27.4 Å². The summed E-state index contributed by atoms with van der Waals surface area (Å²) in [7, 11) is 0. The maximum atomic E-state index is 9.19. The molecule has 0 aliphatic rings. The molecule has 3 rings (SSSR count). The molecule has 0 saturated heterocycles. The topological polar surface area (TPSA) is 54.5 Å². The van der Waals surface area contributed by atoms with Crippen molar-refractivity contribution >= 4 is 11.6 Å². The third-order valence-electron chi connectivity index (χ3n) is 3.53. The maximum absolute atomic E-state index is 9.19. The summed E-state index contributed by atoms with van der Waals surface area (Å²) in [6.07, 6.45) is 1.72. The van der Waals surface area contributed by atoms with Gasteiger partial charge < -0.3 is 0 Å². The third kappa shape index (κ3) is 2.72.